The van der Waals surface area contributed by atoms with E-state index in [2.05, 4.69) is 34.5 Å². The molecule has 1 atom stereocenters. The number of aryl methyl sites for hydroxylation is 1. The monoisotopic (exact) mass is 311 g/mol. The van der Waals surface area contributed by atoms with E-state index < -0.39 is 6.10 Å². The van der Waals surface area contributed by atoms with Crippen molar-refractivity contribution in [3.63, 3.8) is 0 Å². The second kappa shape index (κ2) is 7.40. The second-order valence-corrected chi connectivity index (χ2v) is 5.70. The summed E-state index contributed by atoms with van der Waals surface area (Å²) in [6, 6.07) is 18.3. The Balaban J connectivity index is 1.60. The quantitative estimate of drug-likeness (QED) is 0.681. The Bertz CT molecular complexity index is 752. The minimum atomic E-state index is -0.528. The van der Waals surface area contributed by atoms with Gasteiger partial charge in [0.25, 0.3) is 0 Å². The molecule has 1 heterocycles. The molecular weight excluding hydrogens is 288 g/mol. The molecule has 1 aromatic heterocycles. The fourth-order valence-electron chi connectivity index (χ4n) is 2.81. The van der Waals surface area contributed by atoms with Gasteiger partial charge in [0.15, 0.2) is 11.0 Å². The van der Waals surface area contributed by atoms with Crippen molar-refractivity contribution < 1.29 is 14.4 Å². The lowest BCUT2D eigenvalue weighted by molar-refractivity contribution is -0.679. The topological polar surface area (TPSA) is 38.3 Å². The maximum atomic E-state index is 10.3. The molecule has 0 radical (unpaired) electrons. The number of hydrogen-bond donors (Lipinski definition) is 1. The number of nitrogens with zero attached hydrogens (tertiary/aromatic N) is 2. The molecule has 0 aliphatic rings. The minimum absolute atomic E-state index is 0.327. The van der Waals surface area contributed by atoms with Gasteiger partial charge in [-0.2, -0.15) is 0 Å². The highest BCUT2D eigenvalue weighted by molar-refractivity contribution is 5.71. The third kappa shape index (κ3) is 3.78. The van der Waals surface area contributed by atoms with Gasteiger partial charge in [-0.25, -0.2) is 9.13 Å². The molecular formula is C19H23N2O2+. The van der Waals surface area contributed by atoms with Gasteiger partial charge in [0.2, 0.25) is 6.33 Å². The molecule has 1 N–H and O–H groups in total. The van der Waals surface area contributed by atoms with Crippen molar-refractivity contribution >= 4 is 11.0 Å². The molecule has 0 spiro atoms. The summed E-state index contributed by atoms with van der Waals surface area (Å²) in [5.74, 6) is 0. The van der Waals surface area contributed by atoms with Gasteiger partial charge in [-0.3, -0.25) is 0 Å². The molecule has 0 unspecified atom stereocenters. The first-order valence-electron chi connectivity index (χ1n) is 8.05. The average molecular weight is 311 g/mol. The van der Waals surface area contributed by atoms with Crippen molar-refractivity contribution in [2.45, 2.75) is 32.7 Å². The molecule has 0 fully saturated rings. The number of aliphatic hydroxyl groups excluding tert-OH is 1. The first-order valence-corrected chi connectivity index (χ1v) is 8.05. The van der Waals surface area contributed by atoms with Crippen LogP contribution in [0.5, 0.6) is 0 Å². The fraction of sp³-hybridized carbons (Fsp3) is 0.316. The van der Waals surface area contributed by atoms with Gasteiger partial charge in [0, 0.05) is 0 Å². The van der Waals surface area contributed by atoms with Crippen LogP contribution in [0.2, 0.25) is 0 Å². The zero-order valence-corrected chi connectivity index (χ0v) is 13.4. The van der Waals surface area contributed by atoms with Gasteiger partial charge < -0.3 is 9.84 Å². The summed E-state index contributed by atoms with van der Waals surface area (Å²) in [7, 11) is 0. The van der Waals surface area contributed by atoms with Crippen LogP contribution in [0, 0.1) is 0 Å². The zero-order valence-electron chi connectivity index (χ0n) is 13.4. The summed E-state index contributed by atoms with van der Waals surface area (Å²) < 4.78 is 9.91. The molecule has 120 valence electrons. The van der Waals surface area contributed by atoms with E-state index >= 15 is 0 Å². The number of hydrogen-bond acceptors (Lipinski definition) is 2. The highest BCUT2D eigenvalue weighted by Gasteiger charge is 2.17. The number of rotatable bonds is 7. The predicted molar refractivity (Wildman–Crippen MR) is 89.9 cm³/mol. The Labute approximate surface area is 136 Å². The summed E-state index contributed by atoms with van der Waals surface area (Å²) in [6.07, 6.45) is 1.53. The molecule has 0 bridgehead atoms. The van der Waals surface area contributed by atoms with E-state index in [0.717, 1.165) is 17.6 Å². The maximum absolute atomic E-state index is 10.3. The number of imidazole rings is 1. The lowest BCUT2D eigenvalue weighted by atomic mass is 10.2. The van der Waals surface area contributed by atoms with Crippen LogP contribution in [-0.2, 0) is 24.4 Å². The number of para-hydroxylation sites is 2. The smallest absolute Gasteiger partial charge is 0.244 e. The van der Waals surface area contributed by atoms with E-state index in [9.17, 15) is 5.11 Å². The summed E-state index contributed by atoms with van der Waals surface area (Å²) in [6.45, 7) is 4.42. The Morgan fingerprint density at radius 2 is 1.83 bits per heavy atom. The molecule has 0 aliphatic carbocycles. The fourth-order valence-corrected chi connectivity index (χ4v) is 2.81. The Morgan fingerprint density at radius 1 is 1.09 bits per heavy atom. The van der Waals surface area contributed by atoms with Crippen LogP contribution in [0.4, 0.5) is 0 Å². The largest absolute Gasteiger partial charge is 0.387 e. The van der Waals surface area contributed by atoms with Gasteiger partial charge in [0.05, 0.1) is 19.8 Å². The van der Waals surface area contributed by atoms with Crippen LogP contribution < -0.4 is 4.57 Å². The average Bonchev–Trinajstić information content (AvgIpc) is 2.94. The van der Waals surface area contributed by atoms with E-state index in [4.69, 9.17) is 4.74 Å². The molecule has 23 heavy (non-hydrogen) atoms. The van der Waals surface area contributed by atoms with E-state index in [1.165, 1.54) is 5.52 Å². The molecule has 3 aromatic rings. The number of aliphatic hydroxyl groups is 1. The summed E-state index contributed by atoms with van der Waals surface area (Å²) >= 11 is 0. The highest BCUT2D eigenvalue weighted by Crippen LogP contribution is 2.10. The van der Waals surface area contributed by atoms with E-state index in [-0.39, 0.29) is 0 Å². The summed E-state index contributed by atoms with van der Waals surface area (Å²) in [5.41, 5.74) is 3.44. The van der Waals surface area contributed by atoms with E-state index in [1.54, 1.807) is 0 Å². The van der Waals surface area contributed by atoms with E-state index in [0.29, 0.717) is 19.8 Å². The first-order chi connectivity index (χ1) is 11.3. The van der Waals surface area contributed by atoms with Gasteiger partial charge >= 0.3 is 0 Å². The third-order valence-electron chi connectivity index (χ3n) is 3.95. The Morgan fingerprint density at radius 3 is 2.61 bits per heavy atom. The zero-order chi connectivity index (χ0) is 16.1. The van der Waals surface area contributed by atoms with E-state index in [1.807, 2.05) is 42.5 Å². The van der Waals surface area contributed by atoms with Crippen LogP contribution in [0.1, 0.15) is 12.5 Å². The van der Waals surface area contributed by atoms with Gasteiger partial charge in [0.1, 0.15) is 12.6 Å². The molecule has 2 aromatic carbocycles. The summed E-state index contributed by atoms with van der Waals surface area (Å²) in [5, 5.41) is 10.3. The van der Waals surface area contributed by atoms with Crippen molar-refractivity contribution in [3.05, 3.63) is 66.5 Å². The van der Waals surface area contributed by atoms with Crippen LogP contribution in [-0.4, -0.2) is 22.4 Å². The Hall–Kier alpha value is -2.17. The van der Waals surface area contributed by atoms with Crippen LogP contribution in [0.25, 0.3) is 11.0 Å². The highest BCUT2D eigenvalue weighted by atomic mass is 16.5. The van der Waals surface area contributed by atoms with Crippen LogP contribution >= 0.6 is 0 Å². The summed E-state index contributed by atoms with van der Waals surface area (Å²) in [4.78, 5) is 0. The van der Waals surface area contributed by atoms with Crippen molar-refractivity contribution in [2.24, 2.45) is 0 Å². The van der Waals surface area contributed by atoms with Crippen molar-refractivity contribution in [1.29, 1.82) is 0 Å². The maximum Gasteiger partial charge on any atom is 0.244 e. The SMILES string of the molecule is CCn1c[n+](C[C@H](O)COCc2ccccc2)c2ccccc21. The molecule has 4 nitrogen and oxygen atoms in total. The van der Waals surface area contributed by atoms with Gasteiger partial charge in [-0.15, -0.1) is 0 Å². The number of fused-ring (bicyclic) bond motifs is 1. The molecule has 3 rings (SSSR count). The molecule has 0 aliphatic heterocycles. The molecule has 0 saturated carbocycles. The molecule has 0 amide bonds. The van der Waals surface area contributed by atoms with Gasteiger partial charge in [-0.05, 0) is 24.6 Å². The normalized spacial score (nSPS) is 12.6. The minimum Gasteiger partial charge on any atom is -0.387 e. The third-order valence-corrected chi connectivity index (χ3v) is 3.95. The number of benzene rings is 2. The van der Waals surface area contributed by atoms with Crippen molar-refractivity contribution in [3.8, 4) is 0 Å². The predicted octanol–water partition coefficient (Wildman–Crippen LogP) is 2.53. The lowest BCUT2D eigenvalue weighted by Gasteiger charge is -2.09. The lowest BCUT2D eigenvalue weighted by Crippen LogP contribution is -2.40. The number of ether oxygens (including phenoxy) is 1. The van der Waals surface area contributed by atoms with Crippen LogP contribution in [0.3, 0.4) is 0 Å². The van der Waals surface area contributed by atoms with Crippen LogP contribution in [0.15, 0.2) is 60.9 Å². The van der Waals surface area contributed by atoms with Crippen molar-refractivity contribution in [2.75, 3.05) is 6.61 Å². The molecule has 0 saturated heterocycles. The second-order valence-electron chi connectivity index (χ2n) is 5.70. The van der Waals surface area contributed by atoms with Crippen molar-refractivity contribution in [1.82, 2.24) is 4.57 Å². The molecule has 4 heteroatoms. The first kappa shape index (κ1) is 15.7. The standard InChI is InChI=1S/C19H23N2O2/c1-2-20-15-21(19-11-7-6-10-18(19)20)12-17(22)14-23-13-16-8-4-3-5-9-16/h3-11,15,17,22H,2,12-14H2,1H3/q+1/t17-/m0/s1. The number of aromatic nitrogens is 2. The Kier molecular flexibility index (Phi) is 5.05. The van der Waals surface area contributed by atoms with Gasteiger partial charge in [-0.1, -0.05) is 42.5 Å².